The van der Waals surface area contributed by atoms with Crippen LogP contribution in [0.3, 0.4) is 0 Å². The standard InChI is InChI=1S/C25H35N3O3/c1-3-31-25(29)23-22(26-18-10-6-4-7-11-18)24(27-19-12-8-5-9-13-19)28(23)20-14-16-21(30-2)17-15-20/h14-19,23H,3-13H2,1-2H3. The minimum absolute atomic E-state index is 0.240. The Morgan fingerprint density at radius 2 is 1.52 bits per heavy atom. The SMILES string of the molecule is CCOC(=O)C1C(=NC2CCCCC2)C(=NC2CCCCC2)N1c1ccc(OC)cc1. The maximum absolute atomic E-state index is 13.0. The van der Waals surface area contributed by atoms with Crippen molar-refractivity contribution in [3.05, 3.63) is 24.3 Å². The van der Waals surface area contributed by atoms with E-state index in [-0.39, 0.29) is 12.0 Å². The molecule has 6 nitrogen and oxygen atoms in total. The van der Waals surface area contributed by atoms with Crippen LogP contribution in [0.5, 0.6) is 5.75 Å². The molecule has 1 aromatic carbocycles. The lowest BCUT2D eigenvalue weighted by molar-refractivity contribution is -0.143. The molecule has 3 fully saturated rings. The second kappa shape index (κ2) is 10.3. The second-order valence-electron chi connectivity index (χ2n) is 8.77. The van der Waals surface area contributed by atoms with E-state index in [0.717, 1.165) is 48.7 Å². The molecule has 1 saturated heterocycles. The van der Waals surface area contributed by atoms with Crippen molar-refractivity contribution in [1.82, 2.24) is 0 Å². The third kappa shape index (κ3) is 4.94. The zero-order valence-corrected chi connectivity index (χ0v) is 18.9. The van der Waals surface area contributed by atoms with Gasteiger partial charge in [0.05, 0.1) is 25.8 Å². The minimum atomic E-state index is -0.516. The van der Waals surface area contributed by atoms with Gasteiger partial charge >= 0.3 is 5.97 Å². The highest BCUT2D eigenvalue weighted by Crippen LogP contribution is 2.33. The summed E-state index contributed by atoms with van der Waals surface area (Å²) < 4.78 is 10.8. The highest BCUT2D eigenvalue weighted by molar-refractivity contribution is 6.60. The maximum Gasteiger partial charge on any atom is 0.335 e. The van der Waals surface area contributed by atoms with Gasteiger partial charge in [0.2, 0.25) is 0 Å². The third-order valence-electron chi connectivity index (χ3n) is 6.61. The smallest absolute Gasteiger partial charge is 0.335 e. The van der Waals surface area contributed by atoms with Crippen LogP contribution in [0.1, 0.15) is 71.1 Å². The molecule has 0 bridgehead atoms. The molecule has 1 atom stereocenters. The van der Waals surface area contributed by atoms with E-state index in [1.54, 1.807) is 7.11 Å². The molecule has 0 amide bonds. The summed E-state index contributed by atoms with van der Waals surface area (Å²) in [6.45, 7) is 2.21. The highest BCUT2D eigenvalue weighted by atomic mass is 16.5. The Labute approximate surface area is 185 Å². The summed E-state index contributed by atoms with van der Waals surface area (Å²) in [5.74, 6) is 1.41. The summed E-state index contributed by atoms with van der Waals surface area (Å²) in [5.41, 5.74) is 1.75. The molecule has 1 unspecified atom stereocenters. The summed E-state index contributed by atoms with van der Waals surface area (Å²) in [6, 6.07) is 7.90. The zero-order valence-electron chi connectivity index (χ0n) is 18.9. The number of aliphatic imine (C=N–C) groups is 2. The Hall–Kier alpha value is -2.37. The number of anilines is 1. The van der Waals surface area contributed by atoms with Crippen LogP contribution >= 0.6 is 0 Å². The molecule has 0 radical (unpaired) electrons. The van der Waals surface area contributed by atoms with E-state index in [1.807, 2.05) is 36.1 Å². The number of carbonyl (C=O) groups is 1. The Kier molecular flexibility index (Phi) is 7.25. The van der Waals surface area contributed by atoms with Crippen LogP contribution in [0.4, 0.5) is 5.69 Å². The number of benzene rings is 1. The molecule has 2 aliphatic carbocycles. The predicted molar refractivity (Wildman–Crippen MR) is 125 cm³/mol. The summed E-state index contributed by atoms with van der Waals surface area (Å²) >= 11 is 0. The van der Waals surface area contributed by atoms with Crippen molar-refractivity contribution in [3.63, 3.8) is 0 Å². The number of rotatable bonds is 6. The summed E-state index contributed by atoms with van der Waals surface area (Å²) in [6.07, 6.45) is 11.9. The van der Waals surface area contributed by atoms with Gasteiger partial charge in [-0.3, -0.25) is 9.98 Å². The molecular formula is C25H35N3O3. The van der Waals surface area contributed by atoms with Crippen LogP contribution in [0.2, 0.25) is 0 Å². The molecule has 4 rings (SSSR count). The van der Waals surface area contributed by atoms with Gasteiger partial charge in [0.15, 0.2) is 11.9 Å². The van der Waals surface area contributed by atoms with Gasteiger partial charge in [-0.25, -0.2) is 4.79 Å². The highest BCUT2D eigenvalue weighted by Gasteiger charge is 2.49. The van der Waals surface area contributed by atoms with Gasteiger partial charge in [-0.05, 0) is 56.9 Å². The molecule has 1 heterocycles. The minimum Gasteiger partial charge on any atom is -0.497 e. The topological polar surface area (TPSA) is 63.5 Å². The average Bonchev–Trinajstić information content (AvgIpc) is 2.81. The Bertz CT molecular complexity index is 806. The number of nitrogens with zero attached hydrogens (tertiary/aromatic N) is 3. The summed E-state index contributed by atoms with van der Waals surface area (Å²) in [4.78, 5) is 25.3. The number of ether oxygens (including phenoxy) is 2. The number of hydrogen-bond acceptors (Lipinski definition) is 5. The fraction of sp³-hybridized carbons (Fsp3) is 0.640. The van der Waals surface area contributed by atoms with Crippen molar-refractivity contribution >= 4 is 23.2 Å². The van der Waals surface area contributed by atoms with Crippen molar-refractivity contribution in [2.24, 2.45) is 9.98 Å². The van der Waals surface area contributed by atoms with Gasteiger partial charge in [-0.1, -0.05) is 38.5 Å². The normalized spacial score (nSPS) is 25.5. The number of esters is 1. The number of hydrogen-bond donors (Lipinski definition) is 0. The molecular weight excluding hydrogens is 390 g/mol. The van der Waals surface area contributed by atoms with Crippen molar-refractivity contribution in [2.45, 2.75) is 89.3 Å². The van der Waals surface area contributed by atoms with Crippen LogP contribution in [-0.2, 0) is 9.53 Å². The monoisotopic (exact) mass is 425 g/mol. The lowest BCUT2D eigenvalue weighted by atomic mass is 9.91. The van der Waals surface area contributed by atoms with E-state index in [9.17, 15) is 4.79 Å². The predicted octanol–water partition coefficient (Wildman–Crippen LogP) is 4.95. The average molecular weight is 426 g/mol. The fourth-order valence-electron chi connectivity index (χ4n) is 4.92. The van der Waals surface area contributed by atoms with E-state index in [2.05, 4.69) is 0 Å². The first-order valence-corrected chi connectivity index (χ1v) is 12.0. The van der Waals surface area contributed by atoms with Crippen molar-refractivity contribution in [1.29, 1.82) is 0 Å². The van der Waals surface area contributed by atoms with Gasteiger partial charge < -0.3 is 14.4 Å². The first-order chi connectivity index (χ1) is 15.2. The molecule has 0 spiro atoms. The first kappa shape index (κ1) is 21.8. The van der Waals surface area contributed by atoms with Crippen LogP contribution < -0.4 is 9.64 Å². The molecule has 2 saturated carbocycles. The number of methoxy groups -OCH3 is 1. The Morgan fingerprint density at radius 3 is 2.06 bits per heavy atom. The fourth-order valence-corrected chi connectivity index (χ4v) is 4.92. The molecule has 168 valence electrons. The quantitative estimate of drug-likeness (QED) is 0.605. The van der Waals surface area contributed by atoms with E-state index >= 15 is 0 Å². The Morgan fingerprint density at radius 1 is 0.935 bits per heavy atom. The van der Waals surface area contributed by atoms with E-state index < -0.39 is 6.04 Å². The van der Waals surface area contributed by atoms with Crippen LogP contribution in [0.15, 0.2) is 34.3 Å². The van der Waals surface area contributed by atoms with E-state index in [4.69, 9.17) is 19.5 Å². The van der Waals surface area contributed by atoms with Gasteiger partial charge in [-0.2, -0.15) is 0 Å². The van der Waals surface area contributed by atoms with E-state index in [0.29, 0.717) is 12.6 Å². The van der Waals surface area contributed by atoms with Gasteiger partial charge in [-0.15, -0.1) is 0 Å². The lowest BCUT2D eigenvalue weighted by Crippen LogP contribution is -2.67. The zero-order chi connectivity index (χ0) is 21.6. The molecule has 31 heavy (non-hydrogen) atoms. The molecule has 0 N–H and O–H groups in total. The maximum atomic E-state index is 13.0. The molecule has 3 aliphatic rings. The van der Waals surface area contributed by atoms with Crippen LogP contribution in [0.25, 0.3) is 0 Å². The van der Waals surface area contributed by atoms with Crippen LogP contribution in [0, 0.1) is 0 Å². The van der Waals surface area contributed by atoms with Crippen molar-refractivity contribution in [2.75, 3.05) is 18.6 Å². The van der Waals surface area contributed by atoms with Gasteiger partial charge in [0.25, 0.3) is 0 Å². The van der Waals surface area contributed by atoms with Crippen LogP contribution in [-0.4, -0.2) is 49.4 Å². The molecule has 6 heteroatoms. The summed E-state index contributed by atoms with van der Waals surface area (Å²) in [5, 5.41) is 0. The second-order valence-corrected chi connectivity index (χ2v) is 8.77. The lowest BCUT2D eigenvalue weighted by Gasteiger charge is -2.44. The number of carbonyl (C=O) groups excluding carboxylic acids is 1. The third-order valence-corrected chi connectivity index (χ3v) is 6.61. The Balaban J connectivity index is 1.70. The molecule has 1 aliphatic heterocycles. The summed E-state index contributed by atoms with van der Waals surface area (Å²) in [7, 11) is 1.66. The van der Waals surface area contributed by atoms with Gasteiger partial charge in [0, 0.05) is 5.69 Å². The van der Waals surface area contributed by atoms with Gasteiger partial charge in [0.1, 0.15) is 11.5 Å². The van der Waals surface area contributed by atoms with Crippen molar-refractivity contribution < 1.29 is 14.3 Å². The molecule has 0 aromatic heterocycles. The van der Waals surface area contributed by atoms with Crippen molar-refractivity contribution in [3.8, 4) is 5.75 Å². The largest absolute Gasteiger partial charge is 0.497 e. The molecule has 1 aromatic rings. The number of amidine groups is 1. The van der Waals surface area contributed by atoms with E-state index in [1.165, 1.54) is 38.5 Å². The first-order valence-electron chi connectivity index (χ1n) is 12.0.